The number of fused-ring (bicyclic) bond motifs is 3. The Morgan fingerprint density at radius 1 is 0.203 bits per heavy atom. The van der Waals surface area contributed by atoms with Gasteiger partial charge in [-0.25, -0.2) is 0 Å². The van der Waals surface area contributed by atoms with Gasteiger partial charge in [0.25, 0.3) is 0 Å². The average molecular weight is 882 g/mol. The van der Waals surface area contributed by atoms with Crippen molar-refractivity contribution in [3.05, 3.63) is 285 Å². The van der Waals surface area contributed by atoms with E-state index < -0.39 is 0 Å². The first-order valence-electron chi connectivity index (χ1n) is 23.6. The van der Waals surface area contributed by atoms with E-state index in [0.29, 0.717) is 0 Å². The highest BCUT2D eigenvalue weighted by Gasteiger charge is 2.17. The molecule has 12 rings (SSSR count). The number of hydrogen-bond acceptors (Lipinski definition) is 2. The first-order chi connectivity index (χ1) is 34.2. The summed E-state index contributed by atoms with van der Waals surface area (Å²) >= 11 is 0. The second-order valence-electron chi connectivity index (χ2n) is 17.4. The van der Waals surface area contributed by atoms with Gasteiger partial charge in [0.2, 0.25) is 0 Å². The minimum atomic E-state index is 1.10. The lowest BCUT2D eigenvalue weighted by molar-refractivity contribution is 1.18. The quantitative estimate of drug-likeness (QED) is 0.128. The standard InChI is InChI=1S/C66H47N3/c1-5-15-48(16-6-1)49-25-27-50(28-26-49)51-29-40-60(41-30-51)68(58-21-11-4-12-22-58)61-42-35-54(36-43-61)55-37-46-66-64(47-55)63-23-13-14-24-65(63)69(66)62-44-33-53(34-45-62)52-31-38-59(39-32-52)67(56-17-7-2-8-18-56)57-19-9-3-10-20-57/h1-47H. The molecule has 0 fully saturated rings. The number of benzene rings is 11. The lowest BCUT2D eigenvalue weighted by Crippen LogP contribution is -2.09. The molecule has 0 spiro atoms. The molecule has 12 aromatic rings. The average Bonchev–Trinajstić information content (AvgIpc) is 3.76. The molecule has 0 aliphatic rings. The largest absolute Gasteiger partial charge is 0.311 e. The summed E-state index contributed by atoms with van der Waals surface area (Å²) in [7, 11) is 0. The Kier molecular flexibility index (Phi) is 10.9. The zero-order valence-electron chi connectivity index (χ0n) is 38.0. The predicted octanol–water partition coefficient (Wildman–Crippen LogP) is 18.4. The van der Waals surface area contributed by atoms with Crippen LogP contribution in [-0.2, 0) is 0 Å². The van der Waals surface area contributed by atoms with E-state index in [1.165, 1.54) is 66.3 Å². The van der Waals surface area contributed by atoms with Crippen LogP contribution in [0.2, 0.25) is 0 Å². The Hall–Kier alpha value is -9.18. The molecule has 0 aliphatic heterocycles. The molecule has 0 atom stereocenters. The number of para-hydroxylation sites is 4. The summed E-state index contributed by atoms with van der Waals surface area (Å²) in [5, 5.41) is 2.46. The van der Waals surface area contributed by atoms with Crippen molar-refractivity contribution in [3.63, 3.8) is 0 Å². The van der Waals surface area contributed by atoms with E-state index in [1.54, 1.807) is 0 Å². The molecule has 11 aromatic carbocycles. The van der Waals surface area contributed by atoms with Crippen LogP contribution in [0.3, 0.4) is 0 Å². The van der Waals surface area contributed by atoms with Crippen molar-refractivity contribution >= 4 is 55.9 Å². The number of anilines is 6. The molecule has 0 saturated carbocycles. The van der Waals surface area contributed by atoms with Crippen LogP contribution in [0.5, 0.6) is 0 Å². The first kappa shape index (κ1) is 41.3. The molecule has 326 valence electrons. The Labute approximate surface area is 403 Å². The van der Waals surface area contributed by atoms with Gasteiger partial charge in [0.1, 0.15) is 0 Å². The Morgan fingerprint density at radius 3 is 0.928 bits per heavy atom. The van der Waals surface area contributed by atoms with Crippen molar-refractivity contribution < 1.29 is 0 Å². The van der Waals surface area contributed by atoms with Gasteiger partial charge < -0.3 is 14.4 Å². The Balaban J connectivity index is 0.817. The van der Waals surface area contributed by atoms with Crippen LogP contribution < -0.4 is 9.80 Å². The summed E-state index contributed by atoms with van der Waals surface area (Å²) < 4.78 is 2.39. The minimum absolute atomic E-state index is 1.10. The summed E-state index contributed by atoms with van der Waals surface area (Å²) in [5.41, 5.74) is 19.7. The van der Waals surface area contributed by atoms with E-state index in [9.17, 15) is 0 Å². The zero-order valence-corrected chi connectivity index (χ0v) is 38.0. The molecule has 3 heteroatoms. The van der Waals surface area contributed by atoms with E-state index in [0.717, 1.165) is 39.8 Å². The van der Waals surface area contributed by atoms with Gasteiger partial charge in [0.05, 0.1) is 11.0 Å². The fourth-order valence-corrected chi connectivity index (χ4v) is 9.75. The maximum Gasteiger partial charge on any atom is 0.0541 e. The molecule has 0 N–H and O–H groups in total. The third-order valence-corrected chi connectivity index (χ3v) is 13.2. The SMILES string of the molecule is c1ccc(-c2ccc(-c3ccc(N(c4ccccc4)c4ccc(-c5ccc6c(c5)c5ccccc5n6-c5ccc(-c6ccc(N(c7ccccc7)c7ccccc7)cc6)cc5)cc4)cc3)cc2)cc1. The number of aromatic nitrogens is 1. The Morgan fingerprint density at radius 2 is 0.493 bits per heavy atom. The van der Waals surface area contributed by atoms with Crippen molar-refractivity contribution in [2.24, 2.45) is 0 Å². The third-order valence-electron chi connectivity index (χ3n) is 13.2. The second kappa shape index (κ2) is 18.2. The van der Waals surface area contributed by atoms with Crippen LogP contribution in [0.25, 0.3) is 72.0 Å². The predicted molar refractivity (Wildman–Crippen MR) is 292 cm³/mol. The maximum absolute atomic E-state index is 2.39. The maximum atomic E-state index is 2.39. The van der Waals surface area contributed by atoms with Crippen LogP contribution in [0, 0.1) is 0 Å². The zero-order chi connectivity index (χ0) is 45.9. The lowest BCUT2D eigenvalue weighted by Gasteiger charge is -2.26. The third kappa shape index (κ3) is 8.13. The van der Waals surface area contributed by atoms with Gasteiger partial charge in [-0.15, -0.1) is 0 Å². The van der Waals surface area contributed by atoms with Gasteiger partial charge in [0.15, 0.2) is 0 Å². The summed E-state index contributed by atoms with van der Waals surface area (Å²) in [6, 6.07) is 102. The van der Waals surface area contributed by atoms with Gasteiger partial charge in [-0.3, -0.25) is 0 Å². The van der Waals surface area contributed by atoms with E-state index >= 15 is 0 Å². The minimum Gasteiger partial charge on any atom is -0.311 e. The summed E-state index contributed by atoms with van der Waals surface area (Å²) in [6.07, 6.45) is 0. The summed E-state index contributed by atoms with van der Waals surface area (Å²) in [5.74, 6) is 0. The van der Waals surface area contributed by atoms with Crippen molar-refractivity contribution in [1.29, 1.82) is 0 Å². The van der Waals surface area contributed by atoms with Crippen molar-refractivity contribution in [2.45, 2.75) is 0 Å². The van der Waals surface area contributed by atoms with Crippen molar-refractivity contribution in [3.8, 4) is 50.2 Å². The number of nitrogens with zero attached hydrogens (tertiary/aromatic N) is 3. The highest BCUT2D eigenvalue weighted by atomic mass is 15.1. The van der Waals surface area contributed by atoms with Gasteiger partial charge in [-0.05, 0) is 148 Å². The van der Waals surface area contributed by atoms with Crippen LogP contribution in [0.4, 0.5) is 34.1 Å². The van der Waals surface area contributed by atoms with Crippen LogP contribution in [0.1, 0.15) is 0 Å². The van der Waals surface area contributed by atoms with E-state index in [-0.39, 0.29) is 0 Å². The monoisotopic (exact) mass is 881 g/mol. The number of rotatable bonds is 11. The van der Waals surface area contributed by atoms with Crippen LogP contribution in [-0.4, -0.2) is 4.57 Å². The fourth-order valence-electron chi connectivity index (χ4n) is 9.75. The van der Waals surface area contributed by atoms with Gasteiger partial charge in [0, 0.05) is 50.6 Å². The highest BCUT2D eigenvalue weighted by molar-refractivity contribution is 6.10. The van der Waals surface area contributed by atoms with Gasteiger partial charge in [-0.2, -0.15) is 0 Å². The van der Waals surface area contributed by atoms with Gasteiger partial charge >= 0.3 is 0 Å². The molecule has 3 nitrogen and oxygen atoms in total. The summed E-state index contributed by atoms with van der Waals surface area (Å²) in [6.45, 7) is 0. The second-order valence-corrected chi connectivity index (χ2v) is 17.4. The topological polar surface area (TPSA) is 11.4 Å². The Bertz CT molecular complexity index is 3600. The normalized spacial score (nSPS) is 11.2. The molecular weight excluding hydrogens is 835 g/mol. The first-order valence-corrected chi connectivity index (χ1v) is 23.6. The molecular formula is C66H47N3. The molecule has 1 aromatic heterocycles. The van der Waals surface area contributed by atoms with Crippen molar-refractivity contribution in [2.75, 3.05) is 9.80 Å². The molecule has 0 amide bonds. The molecule has 1 heterocycles. The smallest absolute Gasteiger partial charge is 0.0541 e. The molecule has 0 bridgehead atoms. The van der Waals surface area contributed by atoms with E-state index in [2.05, 4.69) is 299 Å². The van der Waals surface area contributed by atoms with Crippen LogP contribution >= 0.6 is 0 Å². The highest BCUT2D eigenvalue weighted by Crippen LogP contribution is 2.40. The molecule has 69 heavy (non-hydrogen) atoms. The van der Waals surface area contributed by atoms with Crippen molar-refractivity contribution in [1.82, 2.24) is 4.57 Å². The molecule has 0 unspecified atom stereocenters. The van der Waals surface area contributed by atoms with Gasteiger partial charge in [-0.1, -0.05) is 182 Å². The number of hydrogen-bond donors (Lipinski definition) is 0. The van der Waals surface area contributed by atoms with E-state index in [4.69, 9.17) is 0 Å². The fraction of sp³-hybridized carbons (Fsp3) is 0. The van der Waals surface area contributed by atoms with E-state index in [1.807, 2.05) is 0 Å². The molecule has 0 saturated heterocycles. The molecule has 0 aliphatic carbocycles. The lowest BCUT2D eigenvalue weighted by atomic mass is 10.00. The molecule has 0 radical (unpaired) electrons. The summed E-state index contributed by atoms with van der Waals surface area (Å²) in [4.78, 5) is 4.62. The van der Waals surface area contributed by atoms with Crippen LogP contribution in [0.15, 0.2) is 285 Å².